The van der Waals surface area contributed by atoms with Crippen molar-refractivity contribution in [1.82, 2.24) is 0 Å². The summed E-state index contributed by atoms with van der Waals surface area (Å²) in [6, 6.07) is 14.5. The third kappa shape index (κ3) is 3.51. The van der Waals surface area contributed by atoms with Crippen LogP contribution in [0.15, 0.2) is 42.5 Å². The van der Waals surface area contributed by atoms with Crippen molar-refractivity contribution in [2.75, 3.05) is 0 Å². The maximum absolute atomic E-state index is 9.48. The first-order valence-corrected chi connectivity index (χ1v) is 9.38. The molecule has 2 aromatic rings. The monoisotopic (exact) mass is 334 g/mol. The standard InChI is InChI=1S/C24H30O/c1-6-18(15-17-7-10-20(25)11-8-17)19-9-12-21-22(16-19)24(4,5)14-13-23(21,2)3/h7-12,15-16,25H,6,13-14H2,1-5H3. The zero-order valence-electron chi connectivity index (χ0n) is 16.2. The van der Waals surface area contributed by atoms with E-state index in [9.17, 15) is 5.11 Å². The lowest BCUT2D eigenvalue weighted by molar-refractivity contribution is 0.332. The number of hydrogen-bond acceptors (Lipinski definition) is 1. The van der Waals surface area contributed by atoms with Crippen molar-refractivity contribution in [3.8, 4) is 5.75 Å². The minimum Gasteiger partial charge on any atom is -0.508 e. The summed E-state index contributed by atoms with van der Waals surface area (Å²) in [5.41, 5.74) is 7.30. The summed E-state index contributed by atoms with van der Waals surface area (Å²) < 4.78 is 0. The van der Waals surface area contributed by atoms with Crippen molar-refractivity contribution < 1.29 is 5.11 Å². The summed E-state index contributed by atoms with van der Waals surface area (Å²) in [4.78, 5) is 0. The van der Waals surface area contributed by atoms with E-state index >= 15 is 0 Å². The molecule has 0 bridgehead atoms. The Morgan fingerprint density at radius 3 is 2.12 bits per heavy atom. The van der Waals surface area contributed by atoms with Gasteiger partial charge < -0.3 is 5.11 Å². The highest BCUT2D eigenvalue weighted by Gasteiger charge is 2.36. The predicted molar refractivity (Wildman–Crippen MR) is 108 cm³/mol. The minimum absolute atomic E-state index is 0.234. The summed E-state index contributed by atoms with van der Waals surface area (Å²) in [6.07, 6.45) is 5.71. The second kappa shape index (κ2) is 6.37. The van der Waals surface area contributed by atoms with Crippen LogP contribution in [0.2, 0.25) is 0 Å². The molecule has 0 aromatic heterocycles. The molecule has 0 unspecified atom stereocenters. The van der Waals surface area contributed by atoms with Crippen LogP contribution in [-0.2, 0) is 10.8 Å². The van der Waals surface area contributed by atoms with Crippen LogP contribution >= 0.6 is 0 Å². The zero-order chi connectivity index (χ0) is 18.2. The lowest BCUT2D eigenvalue weighted by Gasteiger charge is -2.42. The van der Waals surface area contributed by atoms with Crippen LogP contribution in [0.5, 0.6) is 5.75 Å². The fourth-order valence-corrected chi connectivity index (χ4v) is 3.95. The third-order valence-electron chi connectivity index (χ3n) is 5.84. The average Bonchev–Trinajstić information content (AvgIpc) is 2.58. The normalized spacial score (nSPS) is 18.7. The fraction of sp³-hybridized carbons (Fsp3) is 0.417. The molecule has 0 atom stereocenters. The van der Waals surface area contributed by atoms with Gasteiger partial charge in [-0.3, -0.25) is 0 Å². The number of fused-ring (bicyclic) bond motifs is 1. The van der Waals surface area contributed by atoms with Crippen LogP contribution in [0.25, 0.3) is 11.6 Å². The van der Waals surface area contributed by atoms with Crippen molar-refractivity contribution in [2.45, 2.75) is 64.7 Å². The molecule has 0 fully saturated rings. The highest BCUT2D eigenvalue weighted by atomic mass is 16.3. The van der Waals surface area contributed by atoms with Gasteiger partial charge in [-0.15, -0.1) is 0 Å². The number of hydrogen-bond donors (Lipinski definition) is 1. The van der Waals surface area contributed by atoms with E-state index in [1.54, 1.807) is 12.1 Å². The summed E-state index contributed by atoms with van der Waals surface area (Å²) >= 11 is 0. The molecule has 1 heteroatoms. The van der Waals surface area contributed by atoms with Gasteiger partial charge in [-0.1, -0.05) is 71.0 Å². The van der Waals surface area contributed by atoms with Crippen molar-refractivity contribution in [2.24, 2.45) is 0 Å². The van der Waals surface area contributed by atoms with Crippen molar-refractivity contribution in [3.05, 3.63) is 64.7 Å². The van der Waals surface area contributed by atoms with Gasteiger partial charge in [0, 0.05) is 0 Å². The Hall–Kier alpha value is -2.02. The molecule has 0 spiro atoms. The van der Waals surface area contributed by atoms with E-state index in [0.717, 1.165) is 12.0 Å². The molecular formula is C24H30O. The Bertz CT molecular complexity index is 791. The Morgan fingerprint density at radius 1 is 0.920 bits per heavy atom. The fourth-order valence-electron chi connectivity index (χ4n) is 3.95. The minimum atomic E-state index is 0.234. The maximum Gasteiger partial charge on any atom is 0.115 e. The van der Waals surface area contributed by atoms with Crippen LogP contribution in [0.1, 0.15) is 76.1 Å². The first-order chi connectivity index (χ1) is 11.7. The summed E-state index contributed by atoms with van der Waals surface area (Å²) in [5.74, 6) is 0.313. The second-order valence-corrected chi connectivity index (χ2v) is 8.64. The van der Waals surface area contributed by atoms with Gasteiger partial charge in [0.25, 0.3) is 0 Å². The molecule has 1 N–H and O–H groups in total. The lowest BCUT2D eigenvalue weighted by atomic mass is 9.63. The highest BCUT2D eigenvalue weighted by Crippen LogP contribution is 2.46. The lowest BCUT2D eigenvalue weighted by Crippen LogP contribution is -2.33. The van der Waals surface area contributed by atoms with Crippen molar-refractivity contribution in [3.63, 3.8) is 0 Å². The number of allylic oxidation sites excluding steroid dienone is 1. The first kappa shape index (κ1) is 17.8. The Morgan fingerprint density at radius 2 is 1.52 bits per heavy atom. The highest BCUT2D eigenvalue weighted by molar-refractivity contribution is 5.82. The van der Waals surface area contributed by atoms with Gasteiger partial charge in [-0.25, -0.2) is 0 Å². The summed E-state index contributed by atoms with van der Waals surface area (Å²) in [6.45, 7) is 11.7. The van der Waals surface area contributed by atoms with Gasteiger partial charge in [0.2, 0.25) is 0 Å². The van der Waals surface area contributed by atoms with Crippen molar-refractivity contribution >= 4 is 11.6 Å². The molecule has 0 saturated carbocycles. The second-order valence-electron chi connectivity index (χ2n) is 8.64. The molecule has 1 nitrogen and oxygen atoms in total. The first-order valence-electron chi connectivity index (χ1n) is 9.38. The Kier molecular flexibility index (Phi) is 4.53. The van der Waals surface area contributed by atoms with E-state index in [4.69, 9.17) is 0 Å². The molecule has 1 aliphatic carbocycles. The molecule has 0 amide bonds. The Balaban J connectivity index is 2.06. The molecule has 132 valence electrons. The summed E-state index contributed by atoms with van der Waals surface area (Å²) in [5, 5.41) is 9.48. The third-order valence-corrected chi connectivity index (χ3v) is 5.84. The van der Waals surface area contributed by atoms with E-state index in [1.807, 2.05) is 12.1 Å². The number of benzene rings is 2. The van der Waals surface area contributed by atoms with Gasteiger partial charge in [-0.05, 0) is 70.1 Å². The van der Waals surface area contributed by atoms with Crippen LogP contribution in [0.4, 0.5) is 0 Å². The van der Waals surface area contributed by atoms with Gasteiger partial charge in [-0.2, -0.15) is 0 Å². The Labute approximate surface area is 152 Å². The van der Waals surface area contributed by atoms with Crippen molar-refractivity contribution in [1.29, 1.82) is 0 Å². The van der Waals surface area contributed by atoms with E-state index in [0.29, 0.717) is 5.75 Å². The number of rotatable bonds is 3. The van der Waals surface area contributed by atoms with E-state index in [2.05, 4.69) is 58.9 Å². The smallest absolute Gasteiger partial charge is 0.115 e. The molecule has 0 radical (unpaired) electrons. The molecular weight excluding hydrogens is 304 g/mol. The predicted octanol–water partition coefficient (Wildman–Crippen LogP) is 6.69. The number of aromatic hydroxyl groups is 1. The van der Waals surface area contributed by atoms with Crippen LogP contribution in [0, 0.1) is 0 Å². The molecule has 0 saturated heterocycles. The SMILES string of the molecule is CCC(=Cc1ccc(O)cc1)c1ccc2c(c1)C(C)(C)CCC2(C)C. The van der Waals surface area contributed by atoms with Crippen LogP contribution in [-0.4, -0.2) is 5.11 Å². The molecule has 1 aliphatic rings. The molecule has 3 rings (SSSR count). The average molecular weight is 335 g/mol. The van der Waals surface area contributed by atoms with Crippen LogP contribution < -0.4 is 0 Å². The molecule has 25 heavy (non-hydrogen) atoms. The quantitative estimate of drug-likeness (QED) is 0.620. The van der Waals surface area contributed by atoms with E-state index in [1.165, 1.54) is 35.1 Å². The number of phenolic OH excluding ortho intramolecular Hbond substituents is 1. The topological polar surface area (TPSA) is 20.2 Å². The largest absolute Gasteiger partial charge is 0.508 e. The van der Waals surface area contributed by atoms with Gasteiger partial charge in [0.15, 0.2) is 0 Å². The van der Waals surface area contributed by atoms with Crippen LogP contribution in [0.3, 0.4) is 0 Å². The van der Waals surface area contributed by atoms with E-state index in [-0.39, 0.29) is 10.8 Å². The number of phenols is 1. The maximum atomic E-state index is 9.48. The molecule has 0 aliphatic heterocycles. The van der Waals surface area contributed by atoms with E-state index < -0.39 is 0 Å². The van der Waals surface area contributed by atoms with Gasteiger partial charge in [0.05, 0.1) is 0 Å². The summed E-state index contributed by atoms with van der Waals surface area (Å²) in [7, 11) is 0. The van der Waals surface area contributed by atoms with Gasteiger partial charge in [0.1, 0.15) is 5.75 Å². The zero-order valence-corrected chi connectivity index (χ0v) is 16.2. The van der Waals surface area contributed by atoms with Gasteiger partial charge >= 0.3 is 0 Å². The molecule has 2 aromatic carbocycles. The molecule has 0 heterocycles.